The van der Waals surface area contributed by atoms with E-state index >= 15 is 0 Å². The lowest BCUT2D eigenvalue weighted by molar-refractivity contribution is -0.114. The first-order valence-corrected chi connectivity index (χ1v) is 8.66. The Kier molecular flexibility index (Phi) is 4.54. The topological polar surface area (TPSA) is 41.9 Å². The zero-order valence-corrected chi connectivity index (χ0v) is 14.9. The number of para-hydroxylation sites is 2. The molecule has 0 fully saturated rings. The van der Waals surface area contributed by atoms with Crippen LogP contribution in [-0.4, -0.2) is 18.7 Å². The number of rotatable bonds is 4. The summed E-state index contributed by atoms with van der Waals surface area (Å²) >= 11 is 0. The van der Waals surface area contributed by atoms with E-state index < -0.39 is 0 Å². The molecule has 0 bridgehead atoms. The van der Waals surface area contributed by atoms with Crippen molar-refractivity contribution in [2.45, 2.75) is 0 Å². The molecule has 0 aliphatic carbocycles. The van der Waals surface area contributed by atoms with Gasteiger partial charge in [-0.3, -0.25) is 4.79 Å². The number of hydrogen-bond donors (Lipinski definition) is 0. The molecule has 4 nitrogen and oxygen atoms in total. The van der Waals surface area contributed by atoms with Gasteiger partial charge in [0.15, 0.2) is 0 Å². The van der Waals surface area contributed by atoms with E-state index in [1.807, 2.05) is 91.0 Å². The van der Waals surface area contributed by atoms with Gasteiger partial charge in [0, 0.05) is 11.1 Å². The van der Waals surface area contributed by atoms with Crippen LogP contribution in [0.1, 0.15) is 11.1 Å². The van der Waals surface area contributed by atoms with E-state index in [4.69, 9.17) is 4.74 Å². The highest BCUT2D eigenvalue weighted by molar-refractivity contribution is 6.37. The summed E-state index contributed by atoms with van der Waals surface area (Å²) in [7, 11) is 1.62. The lowest BCUT2D eigenvalue weighted by atomic mass is 10.00. The van der Waals surface area contributed by atoms with Gasteiger partial charge in [-0.1, -0.05) is 66.7 Å². The average molecular weight is 354 g/mol. The summed E-state index contributed by atoms with van der Waals surface area (Å²) in [5.41, 5.74) is 3.65. The molecular formula is C23H18N2O2. The van der Waals surface area contributed by atoms with Crippen LogP contribution >= 0.6 is 0 Å². The molecule has 0 saturated carbocycles. The molecule has 27 heavy (non-hydrogen) atoms. The van der Waals surface area contributed by atoms with Crippen molar-refractivity contribution >= 4 is 23.4 Å². The van der Waals surface area contributed by atoms with Crippen molar-refractivity contribution in [2.24, 2.45) is 5.10 Å². The Balaban J connectivity index is 1.85. The fourth-order valence-corrected chi connectivity index (χ4v) is 3.04. The van der Waals surface area contributed by atoms with Gasteiger partial charge in [0.05, 0.1) is 18.4 Å². The van der Waals surface area contributed by atoms with Gasteiger partial charge in [0.25, 0.3) is 5.91 Å². The fourth-order valence-electron chi connectivity index (χ4n) is 3.04. The molecule has 0 radical (unpaired) electrons. The first-order valence-electron chi connectivity index (χ1n) is 8.66. The van der Waals surface area contributed by atoms with Gasteiger partial charge < -0.3 is 4.74 Å². The van der Waals surface area contributed by atoms with Crippen LogP contribution in [0.4, 0.5) is 5.69 Å². The highest BCUT2D eigenvalue weighted by Crippen LogP contribution is 2.29. The van der Waals surface area contributed by atoms with E-state index in [0.717, 1.165) is 16.8 Å². The van der Waals surface area contributed by atoms with Crippen molar-refractivity contribution in [1.82, 2.24) is 0 Å². The number of nitrogens with zero attached hydrogens (tertiary/aromatic N) is 2. The van der Waals surface area contributed by atoms with Crippen LogP contribution in [-0.2, 0) is 4.79 Å². The van der Waals surface area contributed by atoms with Crippen LogP contribution in [0, 0.1) is 0 Å². The Labute approximate surface area is 158 Å². The molecule has 3 aromatic carbocycles. The van der Waals surface area contributed by atoms with E-state index in [2.05, 4.69) is 5.10 Å². The van der Waals surface area contributed by atoms with Gasteiger partial charge in [-0.25, -0.2) is 0 Å². The third-order valence-electron chi connectivity index (χ3n) is 4.36. The molecule has 1 aliphatic rings. The smallest absolute Gasteiger partial charge is 0.281 e. The zero-order chi connectivity index (χ0) is 18.6. The van der Waals surface area contributed by atoms with E-state index in [1.54, 1.807) is 7.11 Å². The summed E-state index contributed by atoms with van der Waals surface area (Å²) in [5.74, 6) is 0.550. The van der Waals surface area contributed by atoms with Gasteiger partial charge in [0.2, 0.25) is 0 Å². The Morgan fingerprint density at radius 1 is 0.852 bits per heavy atom. The Bertz CT molecular complexity index is 1020. The number of carbonyl (C=O) groups excluding carboxylic acids is 1. The van der Waals surface area contributed by atoms with Crippen LogP contribution in [0.15, 0.2) is 95.6 Å². The Hall–Kier alpha value is -3.66. The molecule has 0 aromatic heterocycles. The number of anilines is 1. The molecule has 1 aliphatic heterocycles. The van der Waals surface area contributed by atoms with Gasteiger partial charge in [-0.2, -0.15) is 10.1 Å². The van der Waals surface area contributed by atoms with E-state index in [-0.39, 0.29) is 5.91 Å². The highest BCUT2D eigenvalue weighted by atomic mass is 16.5. The second-order valence-electron chi connectivity index (χ2n) is 6.07. The summed E-state index contributed by atoms with van der Waals surface area (Å²) in [4.78, 5) is 13.2. The molecule has 0 spiro atoms. The van der Waals surface area contributed by atoms with Crippen LogP contribution in [0.3, 0.4) is 0 Å². The van der Waals surface area contributed by atoms with Gasteiger partial charge in [-0.05, 0) is 24.3 Å². The zero-order valence-electron chi connectivity index (χ0n) is 14.9. The predicted octanol–water partition coefficient (Wildman–Crippen LogP) is 4.53. The molecule has 0 unspecified atom stereocenters. The van der Waals surface area contributed by atoms with Crippen molar-refractivity contribution in [3.05, 3.63) is 102 Å². The second-order valence-corrected chi connectivity index (χ2v) is 6.07. The molecular weight excluding hydrogens is 336 g/mol. The molecule has 4 heteroatoms. The maximum atomic E-state index is 13.2. The Morgan fingerprint density at radius 3 is 2.19 bits per heavy atom. The number of amides is 1. The third kappa shape index (κ3) is 3.25. The van der Waals surface area contributed by atoms with Crippen molar-refractivity contribution in [3.8, 4) is 5.75 Å². The molecule has 0 N–H and O–H groups in total. The Morgan fingerprint density at radius 2 is 1.48 bits per heavy atom. The standard InChI is InChI=1S/C23H18N2O2/c1-27-21-15-9-8-12-18(21)16-20-22(17-10-4-2-5-11-17)24-25(23(20)26)19-13-6-3-7-14-19/h2-16H,1H3/b20-16-. The first-order chi connectivity index (χ1) is 13.3. The van der Waals surface area contributed by atoms with Crippen LogP contribution in [0.2, 0.25) is 0 Å². The summed E-state index contributed by atoms with van der Waals surface area (Å²) in [6, 6.07) is 26.8. The molecule has 132 valence electrons. The molecule has 3 aromatic rings. The third-order valence-corrected chi connectivity index (χ3v) is 4.36. The number of carbonyl (C=O) groups is 1. The van der Waals surface area contributed by atoms with E-state index in [0.29, 0.717) is 17.0 Å². The number of ether oxygens (including phenoxy) is 1. The number of hydrazone groups is 1. The van der Waals surface area contributed by atoms with Crippen molar-refractivity contribution in [2.75, 3.05) is 12.1 Å². The van der Waals surface area contributed by atoms with E-state index in [1.165, 1.54) is 5.01 Å². The lowest BCUT2D eigenvalue weighted by Gasteiger charge is -2.11. The monoisotopic (exact) mass is 354 g/mol. The lowest BCUT2D eigenvalue weighted by Crippen LogP contribution is -2.21. The summed E-state index contributed by atoms with van der Waals surface area (Å²) < 4.78 is 5.43. The fraction of sp³-hybridized carbons (Fsp3) is 0.0435. The second kappa shape index (κ2) is 7.30. The average Bonchev–Trinajstić information content (AvgIpc) is 3.06. The number of hydrogen-bond acceptors (Lipinski definition) is 3. The van der Waals surface area contributed by atoms with Crippen LogP contribution in [0.5, 0.6) is 5.75 Å². The summed E-state index contributed by atoms with van der Waals surface area (Å²) in [6.07, 6.45) is 1.84. The predicted molar refractivity (Wildman–Crippen MR) is 108 cm³/mol. The number of benzene rings is 3. The highest BCUT2D eigenvalue weighted by Gasteiger charge is 2.32. The van der Waals surface area contributed by atoms with Gasteiger partial charge in [0.1, 0.15) is 11.5 Å². The maximum absolute atomic E-state index is 13.2. The molecule has 1 amide bonds. The van der Waals surface area contributed by atoms with E-state index in [9.17, 15) is 4.79 Å². The largest absolute Gasteiger partial charge is 0.496 e. The quantitative estimate of drug-likeness (QED) is 0.646. The minimum atomic E-state index is -0.161. The van der Waals surface area contributed by atoms with Crippen LogP contribution in [0.25, 0.3) is 6.08 Å². The maximum Gasteiger partial charge on any atom is 0.281 e. The molecule has 0 saturated heterocycles. The first kappa shape index (κ1) is 16.8. The van der Waals surface area contributed by atoms with Crippen LogP contribution < -0.4 is 9.75 Å². The molecule has 4 rings (SSSR count). The minimum Gasteiger partial charge on any atom is -0.496 e. The van der Waals surface area contributed by atoms with Gasteiger partial charge >= 0.3 is 0 Å². The van der Waals surface area contributed by atoms with Crippen molar-refractivity contribution < 1.29 is 9.53 Å². The summed E-state index contributed by atoms with van der Waals surface area (Å²) in [5, 5.41) is 6.08. The van der Waals surface area contributed by atoms with Gasteiger partial charge in [-0.15, -0.1) is 0 Å². The SMILES string of the molecule is COc1ccccc1/C=C1\C(=O)N(c2ccccc2)N=C1c1ccccc1. The normalized spacial score (nSPS) is 15.1. The minimum absolute atomic E-state index is 0.161. The summed E-state index contributed by atoms with van der Waals surface area (Å²) in [6.45, 7) is 0. The molecule has 0 atom stereocenters. The number of methoxy groups -OCH3 is 1. The molecule has 1 heterocycles. The van der Waals surface area contributed by atoms with Crippen molar-refractivity contribution in [3.63, 3.8) is 0 Å². The van der Waals surface area contributed by atoms with Crippen molar-refractivity contribution in [1.29, 1.82) is 0 Å².